The van der Waals surface area contributed by atoms with E-state index >= 15 is 0 Å². The van der Waals surface area contributed by atoms with E-state index in [1.165, 1.54) is 5.56 Å². The van der Waals surface area contributed by atoms with Gasteiger partial charge in [0.15, 0.2) is 0 Å². The Morgan fingerprint density at radius 1 is 1.22 bits per heavy atom. The zero-order valence-electron chi connectivity index (χ0n) is 13.6. The lowest BCUT2D eigenvalue weighted by molar-refractivity contribution is -0.123. The van der Waals surface area contributed by atoms with Crippen LogP contribution >= 0.6 is 12.4 Å². The average Bonchev–Trinajstić information content (AvgIpc) is 2.55. The van der Waals surface area contributed by atoms with E-state index in [2.05, 4.69) is 22.3 Å². The molecule has 0 unspecified atom stereocenters. The van der Waals surface area contributed by atoms with E-state index in [9.17, 15) is 4.79 Å². The molecule has 1 aromatic rings. The van der Waals surface area contributed by atoms with Crippen molar-refractivity contribution in [2.45, 2.75) is 25.3 Å². The molecule has 1 amide bonds. The molecule has 0 saturated carbocycles. The molecule has 0 radical (unpaired) electrons. The molecule has 6 heteroatoms. The number of rotatable bonds is 8. The molecule has 23 heavy (non-hydrogen) atoms. The standard InChI is InChI=1S/C17H27N3O2.ClH/c18-9-11-20(10-6-15-4-2-1-3-5-15)14-17(21)19-16-7-12-22-13-8-16;/h1-5,16H,6-14,18H2,(H,19,21);1H. The van der Waals surface area contributed by atoms with E-state index in [0.717, 1.165) is 45.6 Å². The van der Waals surface area contributed by atoms with Gasteiger partial charge in [0.1, 0.15) is 0 Å². The topological polar surface area (TPSA) is 67.6 Å². The molecule has 3 N–H and O–H groups in total. The number of carbonyl (C=O) groups excluding carboxylic acids is 1. The van der Waals surface area contributed by atoms with Gasteiger partial charge in [-0.15, -0.1) is 12.4 Å². The van der Waals surface area contributed by atoms with Crippen LogP contribution in [0.3, 0.4) is 0 Å². The highest BCUT2D eigenvalue weighted by Crippen LogP contribution is 2.06. The number of amides is 1. The van der Waals surface area contributed by atoms with Crippen molar-refractivity contribution in [2.24, 2.45) is 5.73 Å². The van der Waals surface area contributed by atoms with Crippen molar-refractivity contribution < 1.29 is 9.53 Å². The second-order valence-corrected chi connectivity index (χ2v) is 5.75. The Morgan fingerprint density at radius 2 is 1.91 bits per heavy atom. The van der Waals surface area contributed by atoms with Crippen molar-refractivity contribution >= 4 is 18.3 Å². The zero-order chi connectivity index (χ0) is 15.6. The summed E-state index contributed by atoms with van der Waals surface area (Å²) in [5.41, 5.74) is 6.95. The van der Waals surface area contributed by atoms with Crippen molar-refractivity contribution in [3.8, 4) is 0 Å². The van der Waals surface area contributed by atoms with Crippen molar-refractivity contribution in [3.63, 3.8) is 0 Å². The van der Waals surface area contributed by atoms with Crippen LogP contribution in [-0.4, -0.2) is 56.2 Å². The third kappa shape index (κ3) is 7.79. The summed E-state index contributed by atoms with van der Waals surface area (Å²) in [4.78, 5) is 14.3. The third-order valence-corrected chi connectivity index (χ3v) is 3.96. The highest BCUT2D eigenvalue weighted by atomic mass is 35.5. The van der Waals surface area contributed by atoms with Crippen LogP contribution in [0.15, 0.2) is 30.3 Å². The fourth-order valence-corrected chi connectivity index (χ4v) is 2.70. The molecule has 1 aliphatic rings. The first-order chi connectivity index (χ1) is 10.8. The molecule has 1 aromatic carbocycles. The average molecular weight is 342 g/mol. The summed E-state index contributed by atoms with van der Waals surface area (Å²) >= 11 is 0. The number of carbonyl (C=O) groups is 1. The predicted molar refractivity (Wildman–Crippen MR) is 94.9 cm³/mol. The molecule has 0 bridgehead atoms. The molecular formula is C17H28ClN3O2. The molecule has 0 aliphatic carbocycles. The molecule has 0 atom stereocenters. The number of hydrogen-bond acceptors (Lipinski definition) is 4. The number of benzene rings is 1. The minimum Gasteiger partial charge on any atom is -0.381 e. The monoisotopic (exact) mass is 341 g/mol. The van der Waals surface area contributed by atoms with Crippen LogP contribution < -0.4 is 11.1 Å². The molecule has 2 rings (SSSR count). The highest BCUT2D eigenvalue weighted by molar-refractivity contribution is 5.85. The van der Waals surface area contributed by atoms with Crippen molar-refractivity contribution in [2.75, 3.05) is 39.4 Å². The first-order valence-corrected chi connectivity index (χ1v) is 8.11. The Morgan fingerprint density at radius 3 is 2.57 bits per heavy atom. The Hall–Kier alpha value is -1.14. The Bertz CT molecular complexity index is 439. The molecule has 1 fully saturated rings. The Balaban J connectivity index is 0.00000264. The van der Waals surface area contributed by atoms with Crippen LogP contribution in [0.5, 0.6) is 0 Å². The lowest BCUT2D eigenvalue weighted by atomic mass is 10.1. The largest absolute Gasteiger partial charge is 0.381 e. The van der Waals surface area contributed by atoms with Crippen LogP contribution in [0, 0.1) is 0 Å². The minimum atomic E-state index is 0. The number of halogens is 1. The maximum atomic E-state index is 12.2. The van der Waals surface area contributed by atoms with Gasteiger partial charge in [-0.25, -0.2) is 0 Å². The molecule has 1 saturated heterocycles. The molecule has 1 heterocycles. The second-order valence-electron chi connectivity index (χ2n) is 5.75. The van der Waals surface area contributed by atoms with Gasteiger partial charge in [-0.05, 0) is 24.8 Å². The zero-order valence-corrected chi connectivity index (χ0v) is 14.4. The quantitative estimate of drug-likeness (QED) is 0.745. The SMILES string of the molecule is Cl.NCCN(CCc1ccccc1)CC(=O)NC1CCOCC1. The van der Waals surface area contributed by atoms with Crippen molar-refractivity contribution in [1.82, 2.24) is 10.2 Å². The van der Waals surface area contributed by atoms with E-state index in [1.54, 1.807) is 0 Å². The lowest BCUT2D eigenvalue weighted by Gasteiger charge is -2.26. The fourth-order valence-electron chi connectivity index (χ4n) is 2.70. The molecule has 1 aliphatic heterocycles. The van der Waals surface area contributed by atoms with Gasteiger partial charge in [-0.3, -0.25) is 9.69 Å². The summed E-state index contributed by atoms with van der Waals surface area (Å²) < 4.78 is 5.31. The summed E-state index contributed by atoms with van der Waals surface area (Å²) in [6, 6.07) is 10.6. The number of nitrogens with zero attached hydrogens (tertiary/aromatic N) is 1. The highest BCUT2D eigenvalue weighted by Gasteiger charge is 2.17. The van der Waals surface area contributed by atoms with Crippen molar-refractivity contribution in [1.29, 1.82) is 0 Å². The van der Waals surface area contributed by atoms with E-state index in [1.807, 2.05) is 18.2 Å². The van der Waals surface area contributed by atoms with Gasteiger partial charge in [0, 0.05) is 38.9 Å². The number of nitrogens with two attached hydrogens (primary N) is 1. The van der Waals surface area contributed by atoms with Gasteiger partial charge in [0.05, 0.1) is 6.54 Å². The fraction of sp³-hybridized carbons (Fsp3) is 0.588. The molecule has 130 valence electrons. The number of ether oxygens (including phenoxy) is 1. The maximum Gasteiger partial charge on any atom is 0.234 e. The Labute approximate surface area is 145 Å². The summed E-state index contributed by atoms with van der Waals surface area (Å²) in [6.45, 7) is 4.06. The van der Waals surface area contributed by atoms with Gasteiger partial charge in [0.25, 0.3) is 0 Å². The van der Waals surface area contributed by atoms with E-state index in [0.29, 0.717) is 13.1 Å². The summed E-state index contributed by atoms with van der Waals surface area (Å²) in [7, 11) is 0. The molecule has 0 spiro atoms. The number of hydrogen-bond donors (Lipinski definition) is 2. The van der Waals surface area contributed by atoms with Gasteiger partial charge in [0.2, 0.25) is 5.91 Å². The third-order valence-electron chi connectivity index (χ3n) is 3.96. The normalized spacial score (nSPS) is 15.2. The number of nitrogens with one attached hydrogen (secondary N) is 1. The molecular weight excluding hydrogens is 314 g/mol. The van der Waals surface area contributed by atoms with Crippen molar-refractivity contribution in [3.05, 3.63) is 35.9 Å². The van der Waals surface area contributed by atoms with E-state index < -0.39 is 0 Å². The second kappa shape index (κ2) is 11.4. The summed E-state index contributed by atoms with van der Waals surface area (Å²) in [5, 5.41) is 3.10. The minimum absolute atomic E-state index is 0. The van der Waals surface area contributed by atoms with E-state index in [-0.39, 0.29) is 24.4 Å². The maximum absolute atomic E-state index is 12.2. The van der Waals surface area contributed by atoms with Gasteiger partial charge in [-0.1, -0.05) is 30.3 Å². The predicted octanol–water partition coefficient (Wildman–Crippen LogP) is 1.21. The van der Waals surface area contributed by atoms with Crippen LogP contribution in [0.4, 0.5) is 0 Å². The van der Waals surface area contributed by atoms with E-state index in [4.69, 9.17) is 10.5 Å². The lowest BCUT2D eigenvalue weighted by Crippen LogP contribution is -2.45. The van der Waals surface area contributed by atoms with Gasteiger partial charge < -0.3 is 15.8 Å². The van der Waals surface area contributed by atoms with Crippen LogP contribution in [-0.2, 0) is 16.0 Å². The smallest absolute Gasteiger partial charge is 0.234 e. The van der Waals surface area contributed by atoms with Crippen LogP contribution in [0.25, 0.3) is 0 Å². The van der Waals surface area contributed by atoms with Gasteiger partial charge in [-0.2, -0.15) is 0 Å². The Kier molecular flexibility index (Phi) is 9.87. The molecule has 0 aromatic heterocycles. The molecule has 5 nitrogen and oxygen atoms in total. The summed E-state index contributed by atoms with van der Waals surface area (Å²) in [5.74, 6) is 0.0911. The van der Waals surface area contributed by atoms with Crippen LogP contribution in [0.2, 0.25) is 0 Å². The first-order valence-electron chi connectivity index (χ1n) is 8.11. The van der Waals surface area contributed by atoms with Gasteiger partial charge >= 0.3 is 0 Å². The van der Waals surface area contributed by atoms with Crippen LogP contribution in [0.1, 0.15) is 18.4 Å². The summed E-state index contributed by atoms with van der Waals surface area (Å²) in [6.07, 6.45) is 2.75. The first kappa shape index (κ1) is 19.9.